The molecule has 2 aromatic rings. The predicted molar refractivity (Wildman–Crippen MR) is 107 cm³/mol. The Bertz CT molecular complexity index is 902. The van der Waals surface area contributed by atoms with E-state index in [0.29, 0.717) is 23.2 Å². The van der Waals surface area contributed by atoms with E-state index in [-0.39, 0.29) is 0 Å². The molecular weight excluding hydrogens is 357 g/mol. The molecule has 0 unspecified atom stereocenters. The van der Waals surface area contributed by atoms with Gasteiger partial charge in [0.2, 0.25) is 0 Å². The molecule has 8 nitrogen and oxygen atoms in total. The minimum absolute atomic E-state index is 0.318. The van der Waals surface area contributed by atoms with Gasteiger partial charge >= 0.3 is 7.12 Å². The van der Waals surface area contributed by atoms with E-state index in [1.807, 2.05) is 16.8 Å². The summed E-state index contributed by atoms with van der Waals surface area (Å²) in [6.07, 6.45) is 9.31. The van der Waals surface area contributed by atoms with Crippen LogP contribution in [-0.4, -0.2) is 27.8 Å². The molecule has 0 spiro atoms. The van der Waals surface area contributed by atoms with Crippen LogP contribution in [0.2, 0.25) is 0 Å². The Labute approximate surface area is 163 Å². The zero-order valence-corrected chi connectivity index (χ0v) is 15.4. The SMILES string of the molecule is C#N.NC(=O)c1cn(C2CCCCC2)nc1Nc1ccc2c(c1)C=CB(O)O2. The lowest BCUT2D eigenvalue weighted by Crippen LogP contribution is -2.21. The summed E-state index contributed by atoms with van der Waals surface area (Å²) in [7, 11) is -0.922. The van der Waals surface area contributed by atoms with Crippen LogP contribution in [-0.2, 0) is 0 Å². The largest absolute Gasteiger partial charge is 0.552 e. The second-order valence-electron chi connectivity index (χ2n) is 6.77. The highest BCUT2D eigenvalue weighted by atomic mass is 16.5. The molecule has 1 fully saturated rings. The third-order valence-electron chi connectivity index (χ3n) is 4.91. The summed E-state index contributed by atoms with van der Waals surface area (Å²) < 4.78 is 7.20. The Morgan fingerprint density at radius 2 is 2.11 bits per heavy atom. The number of aromatic nitrogens is 2. The molecule has 1 amide bonds. The normalized spacial score (nSPS) is 15.8. The van der Waals surface area contributed by atoms with Gasteiger partial charge in [-0.2, -0.15) is 5.10 Å². The number of fused-ring (bicyclic) bond motifs is 1. The molecule has 9 heteroatoms. The minimum Gasteiger partial charge on any atom is -0.532 e. The number of carbonyl (C=O) groups excluding carboxylic acids is 1. The third-order valence-corrected chi connectivity index (χ3v) is 4.91. The maximum atomic E-state index is 11.8. The van der Waals surface area contributed by atoms with Crippen LogP contribution in [0.1, 0.15) is 54.1 Å². The average Bonchev–Trinajstić information content (AvgIpc) is 3.14. The zero-order valence-electron chi connectivity index (χ0n) is 15.4. The zero-order chi connectivity index (χ0) is 20.1. The van der Waals surface area contributed by atoms with Gasteiger partial charge in [-0.25, -0.2) is 5.26 Å². The van der Waals surface area contributed by atoms with Crippen LogP contribution < -0.4 is 15.7 Å². The number of rotatable bonds is 4. The van der Waals surface area contributed by atoms with Crippen molar-refractivity contribution in [3.63, 3.8) is 0 Å². The van der Waals surface area contributed by atoms with Gasteiger partial charge in [-0.15, -0.1) is 0 Å². The van der Waals surface area contributed by atoms with Crippen LogP contribution >= 0.6 is 0 Å². The van der Waals surface area contributed by atoms with E-state index in [4.69, 9.17) is 15.6 Å². The summed E-state index contributed by atoms with van der Waals surface area (Å²) in [5.41, 5.74) is 7.54. The number of benzene rings is 1. The van der Waals surface area contributed by atoms with Gasteiger partial charge in [0.15, 0.2) is 5.82 Å². The fourth-order valence-corrected chi connectivity index (χ4v) is 3.55. The highest BCUT2D eigenvalue weighted by molar-refractivity contribution is 6.51. The predicted octanol–water partition coefficient (Wildman–Crippen LogP) is 2.80. The summed E-state index contributed by atoms with van der Waals surface area (Å²) in [5, 5.41) is 23.8. The molecule has 144 valence electrons. The molecule has 0 radical (unpaired) electrons. The van der Waals surface area contributed by atoms with Gasteiger partial charge in [-0.1, -0.05) is 25.3 Å². The molecule has 1 aliphatic carbocycles. The van der Waals surface area contributed by atoms with E-state index in [2.05, 4.69) is 17.0 Å². The van der Waals surface area contributed by atoms with Crippen molar-refractivity contribution in [1.82, 2.24) is 9.78 Å². The van der Waals surface area contributed by atoms with Crippen molar-refractivity contribution in [2.45, 2.75) is 38.1 Å². The van der Waals surface area contributed by atoms with Crippen LogP contribution in [0.4, 0.5) is 11.5 Å². The van der Waals surface area contributed by atoms with Crippen molar-refractivity contribution in [3.8, 4) is 12.3 Å². The number of amides is 1. The first-order valence-corrected chi connectivity index (χ1v) is 9.19. The number of nitrogens with one attached hydrogen (secondary N) is 1. The van der Waals surface area contributed by atoms with E-state index in [0.717, 1.165) is 24.1 Å². The van der Waals surface area contributed by atoms with Crippen molar-refractivity contribution in [3.05, 3.63) is 41.5 Å². The van der Waals surface area contributed by atoms with Gasteiger partial charge < -0.3 is 20.7 Å². The first-order valence-electron chi connectivity index (χ1n) is 9.19. The summed E-state index contributed by atoms with van der Waals surface area (Å²) in [5.74, 6) is 2.13. The van der Waals surface area contributed by atoms with Gasteiger partial charge in [-0.05, 0) is 37.0 Å². The van der Waals surface area contributed by atoms with E-state index < -0.39 is 13.0 Å². The fraction of sp³-hybridized carbons (Fsp3) is 0.316. The highest BCUT2D eigenvalue weighted by Gasteiger charge is 2.22. The Morgan fingerprint density at radius 3 is 2.82 bits per heavy atom. The van der Waals surface area contributed by atoms with E-state index >= 15 is 0 Å². The van der Waals surface area contributed by atoms with Crippen LogP contribution in [0.5, 0.6) is 5.75 Å². The average molecular weight is 379 g/mol. The maximum Gasteiger partial charge on any atom is 0.552 e. The minimum atomic E-state index is -0.922. The molecule has 4 rings (SSSR count). The number of hydrogen-bond acceptors (Lipinski definition) is 6. The van der Waals surface area contributed by atoms with Gasteiger partial charge in [-0.3, -0.25) is 9.48 Å². The van der Waals surface area contributed by atoms with Crippen LogP contribution in [0.15, 0.2) is 30.4 Å². The number of carbonyl (C=O) groups is 1. The molecule has 0 saturated heterocycles. The van der Waals surface area contributed by atoms with Crippen LogP contribution in [0.25, 0.3) is 6.08 Å². The number of nitrogens with two attached hydrogens (primary N) is 1. The van der Waals surface area contributed by atoms with Crippen molar-refractivity contribution in [2.75, 3.05) is 5.32 Å². The molecule has 2 aliphatic rings. The lowest BCUT2D eigenvalue weighted by molar-refractivity contribution is 0.100. The topological polar surface area (TPSA) is 126 Å². The highest BCUT2D eigenvalue weighted by Crippen LogP contribution is 2.32. The molecule has 4 N–H and O–H groups in total. The third kappa shape index (κ3) is 4.18. The van der Waals surface area contributed by atoms with E-state index in [1.54, 1.807) is 24.3 Å². The molecule has 0 bridgehead atoms. The second kappa shape index (κ2) is 8.63. The molecule has 1 aromatic heterocycles. The lowest BCUT2D eigenvalue weighted by Gasteiger charge is -2.21. The Morgan fingerprint density at radius 1 is 1.36 bits per heavy atom. The van der Waals surface area contributed by atoms with Crippen molar-refractivity contribution >= 4 is 30.6 Å². The Hall–Kier alpha value is -3.25. The molecular formula is C19H22BN5O3. The van der Waals surface area contributed by atoms with Crippen molar-refractivity contribution in [2.24, 2.45) is 5.73 Å². The monoisotopic (exact) mass is 379 g/mol. The lowest BCUT2D eigenvalue weighted by atomic mass is 9.86. The van der Waals surface area contributed by atoms with Gasteiger partial charge in [0.1, 0.15) is 11.3 Å². The van der Waals surface area contributed by atoms with Gasteiger partial charge in [0.05, 0.1) is 6.04 Å². The number of nitrogens with zero attached hydrogens (tertiary/aromatic N) is 3. The summed E-state index contributed by atoms with van der Waals surface area (Å²) in [6, 6.07) is 5.78. The fourth-order valence-electron chi connectivity index (χ4n) is 3.55. The Kier molecular flexibility index (Phi) is 6.01. The summed E-state index contributed by atoms with van der Waals surface area (Å²) in [6.45, 7) is 3.50. The molecule has 1 saturated carbocycles. The van der Waals surface area contributed by atoms with Crippen molar-refractivity contribution < 1.29 is 14.5 Å². The first kappa shape index (κ1) is 19.5. The van der Waals surface area contributed by atoms with Crippen molar-refractivity contribution in [1.29, 1.82) is 5.26 Å². The van der Waals surface area contributed by atoms with Gasteiger partial charge in [0.25, 0.3) is 5.91 Å². The molecule has 28 heavy (non-hydrogen) atoms. The maximum absolute atomic E-state index is 11.8. The summed E-state index contributed by atoms with van der Waals surface area (Å²) in [4.78, 5) is 11.8. The summed E-state index contributed by atoms with van der Waals surface area (Å²) >= 11 is 0. The number of anilines is 2. The molecule has 2 heterocycles. The quantitative estimate of drug-likeness (QED) is 0.702. The van der Waals surface area contributed by atoms with E-state index in [9.17, 15) is 9.82 Å². The standard InChI is InChI=1S/C18H21BN4O3.CHN/c20-17(24)15-11-23(14-4-2-1-3-5-14)22-18(15)21-13-6-7-16-12(10-13)8-9-19(25)26-16;1-2/h6-11,14,25H,1-5H2,(H2,20,24)(H,21,22);1H. The molecule has 0 atom stereocenters. The molecule has 1 aliphatic heterocycles. The first-order chi connectivity index (χ1) is 13.6. The van der Waals surface area contributed by atoms with E-state index in [1.165, 1.54) is 19.3 Å². The molecule has 1 aromatic carbocycles. The number of primary amides is 1. The van der Waals surface area contributed by atoms with Crippen LogP contribution in [0, 0.1) is 11.8 Å². The number of nitriles is 1. The van der Waals surface area contributed by atoms with Gasteiger partial charge in [0, 0.05) is 24.0 Å². The smallest absolute Gasteiger partial charge is 0.532 e. The second-order valence-corrected chi connectivity index (χ2v) is 6.77. The Balaban J connectivity index is 0.00000109. The number of hydrogen-bond donors (Lipinski definition) is 3. The van der Waals surface area contributed by atoms with Crippen LogP contribution in [0.3, 0.4) is 0 Å².